The third-order valence-corrected chi connectivity index (χ3v) is 6.31. The highest BCUT2D eigenvalue weighted by atomic mass is 32.1. The summed E-state index contributed by atoms with van der Waals surface area (Å²) in [4.78, 5) is 27.2. The van der Waals surface area contributed by atoms with Crippen LogP contribution in [-0.2, 0) is 13.0 Å². The SMILES string of the molecule is CN(CCCc1cc(-c2cccc(F)c2)n[nH]1)C(=O)c1ccc(CNC(=O)c2cccs2)cc1. The van der Waals surface area contributed by atoms with Crippen molar-refractivity contribution in [3.05, 3.63) is 99.6 Å². The molecule has 0 atom stereocenters. The van der Waals surface area contributed by atoms with Crippen molar-refractivity contribution in [2.24, 2.45) is 0 Å². The average Bonchev–Trinajstić information content (AvgIpc) is 3.55. The largest absolute Gasteiger partial charge is 0.347 e. The van der Waals surface area contributed by atoms with Gasteiger partial charge in [0.05, 0.1) is 10.6 Å². The number of benzene rings is 2. The van der Waals surface area contributed by atoms with E-state index < -0.39 is 0 Å². The summed E-state index contributed by atoms with van der Waals surface area (Å²) in [6.45, 7) is 0.995. The highest BCUT2D eigenvalue weighted by Gasteiger charge is 2.12. The molecule has 8 heteroatoms. The fourth-order valence-electron chi connectivity index (χ4n) is 3.56. The number of aromatic nitrogens is 2. The molecule has 34 heavy (non-hydrogen) atoms. The molecule has 0 saturated heterocycles. The van der Waals surface area contributed by atoms with Gasteiger partial charge in [0.25, 0.3) is 11.8 Å². The van der Waals surface area contributed by atoms with Crippen LogP contribution in [0.1, 0.15) is 37.7 Å². The first-order chi connectivity index (χ1) is 16.5. The fourth-order valence-corrected chi connectivity index (χ4v) is 4.20. The summed E-state index contributed by atoms with van der Waals surface area (Å²) >= 11 is 1.40. The van der Waals surface area contributed by atoms with Gasteiger partial charge < -0.3 is 10.2 Å². The molecule has 4 rings (SSSR count). The van der Waals surface area contributed by atoms with Crippen LogP contribution in [0.15, 0.2) is 72.1 Å². The highest BCUT2D eigenvalue weighted by molar-refractivity contribution is 7.12. The third-order valence-electron chi connectivity index (χ3n) is 5.44. The van der Waals surface area contributed by atoms with Gasteiger partial charge in [0.15, 0.2) is 0 Å². The number of amides is 2. The van der Waals surface area contributed by atoms with E-state index >= 15 is 0 Å². The normalized spacial score (nSPS) is 10.8. The molecule has 6 nitrogen and oxygen atoms in total. The maximum atomic E-state index is 13.4. The van der Waals surface area contributed by atoms with E-state index in [-0.39, 0.29) is 17.6 Å². The topological polar surface area (TPSA) is 78.1 Å². The van der Waals surface area contributed by atoms with Crippen molar-refractivity contribution in [3.63, 3.8) is 0 Å². The molecule has 0 spiro atoms. The van der Waals surface area contributed by atoms with E-state index in [0.717, 1.165) is 29.7 Å². The Morgan fingerprint density at radius 1 is 1.09 bits per heavy atom. The van der Waals surface area contributed by atoms with Crippen LogP contribution in [0.25, 0.3) is 11.3 Å². The predicted octanol–water partition coefficient (Wildman–Crippen LogP) is 4.91. The van der Waals surface area contributed by atoms with E-state index in [9.17, 15) is 14.0 Å². The van der Waals surface area contributed by atoms with E-state index in [1.807, 2.05) is 35.7 Å². The lowest BCUT2D eigenvalue weighted by Crippen LogP contribution is -2.28. The van der Waals surface area contributed by atoms with Crippen molar-refractivity contribution < 1.29 is 14.0 Å². The summed E-state index contributed by atoms with van der Waals surface area (Å²) in [6.07, 6.45) is 1.49. The minimum atomic E-state index is -0.293. The number of rotatable bonds is 9. The summed E-state index contributed by atoms with van der Waals surface area (Å²) in [5.41, 5.74) is 3.90. The first kappa shape index (κ1) is 23.4. The number of nitrogens with zero attached hydrogens (tertiary/aromatic N) is 2. The molecule has 174 valence electrons. The van der Waals surface area contributed by atoms with Gasteiger partial charge in [-0.15, -0.1) is 11.3 Å². The minimum Gasteiger partial charge on any atom is -0.347 e. The second-order valence-electron chi connectivity index (χ2n) is 7.98. The molecule has 0 unspecified atom stereocenters. The second kappa shape index (κ2) is 10.9. The van der Waals surface area contributed by atoms with Gasteiger partial charge in [0.2, 0.25) is 0 Å². The Morgan fingerprint density at radius 2 is 1.91 bits per heavy atom. The molecule has 2 heterocycles. The lowest BCUT2D eigenvalue weighted by Gasteiger charge is -2.17. The number of carbonyl (C=O) groups is 2. The number of H-pyrrole nitrogens is 1. The van der Waals surface area contributed by atoms with Crippen LogP contribution in [-0.4, -0.2) is 40.5 Å². The lowest BCUT2D eigenvalue weighted by molar-refractivity contribution is 0.0793. The van der Waals surface area contributed by atoms with Crippen LogP contribution in [0, 0.1) is 5.82 Å². The molecule has 0 aliphatic carbocycles. The summed E-state index contributed by atoms with van der Waals surface area (Å²) in [7, 11) is 1.78. The number of nitrogens with one attached hydrogen (secondary N) is 2. The van der Waals surface area contributed by atoms with Crippen molar-refractivity contribution in [3.8, 4) is 11.3 Å². The standard InChI is InChI=1S/C26H25FN4O2S/c1-31(13-3-7-22-16-23(30-29-22)20-5-2-6-21(27)15-20)26(33)19-11-9-18(10-12-19)17-28-25(32)24-8-4-14-34-24/h2,4-6,8-12,14-16H,3,7,13,17H2,1H3,(H,28,32)(H,29,30). The van der Waals surface area contributed by atoms with Gasteiger partial charge in [-0.2, -0.15) is 5.10 Å². The Kier molecular flexibility index (Phi) is 7.49. The van der Waals surface area contributed by atoms with Crippen molar-refractivity contribution in [2.75, 3.05) is 13.6 Å². The first-order valence-corrected chi connectivity index (χ1v) is 11.8. The van der Waals surface area contributed by atoms with Crippen molar-refractivity contribution in [1.82, 2.24) is 20.4 Å². The average molecular weight is 477 g/mol. The molecule has 2 N–H and O–H groups in total. The summed E-state index contributed by atoms with van der Waals surface area (Å²) < 4.78 is 13.4. The van der Waals surface area contributed by atoms with Crippen molar-refractivity contribution in [1.29, 1.82) is 0 Å². The number of hydrogen-bond donors (Lipinski definition) is 2. The zero-order chi connectivity index (χ0) is 23.9. The number of aromatic amines is 1. The van der Waals surface area contributed by atoms with Gasteiger partial charge >= 0.3 is 0 Å². The second-order valence-corrected chi connectivity index (χ2v) is 8.92. The Labute approximate surface area is 201 Å². The van der Waals surface area contributed by atoms with Gasteiger partial charge in [0.1, 0.15) is 5.82 Å². The molecular weight excluding hydrogens is 451 g/mol. The Bertz CT molecular complexity index is 1250. The van der Waals surface area contributed by atoms with Gasteiger partial charge in [-0.25, -0.2) is 4.39 Å². The molecule has 4 aromatic rings. The van der Waals surface area contributed by atoms with E-state index in [0.29, 0.717) is 29.2 Å². The summed E-state index contributed by atoms with van der Waals surface area (Å²) in [5.74, 6) is -0.451. The quantitative estimate of drug-likeness (QED) is 0.360. The van der Waals surface area contributed by atoms with Crippen LogP contribution in [0.3, 0.4) is 0 Å². The number of thiophene rings is 1. The lowest BCUT2D eigenvalue weighted by atomic mass is 10.1. The molecule has 2 aromatic heterocycles. The van der Waals surface area contributed by atoms with E-state index in [4.69, 9.17) is 0 Å². The van der Waals surface area contributed by atoms with E-state index in [1.165, 1.54) is 23.5 Å². The van der Waals surface area contributed by atoms with Crippen molar-refractivity contribution in [2.45, 2.75) is 19.4 Å². The first-order valence-electron chi connectivity index (χ1n) is 11.0. The zero-order valence-electron chi connectivity index (χ0n) is 18.8. The fraction of sp³-hybridized carbons (Fsp3) is 0.192. The smallest absolute Gasteiger partial charge is 0.261 e. The summed E-state index contributed by atoms with van der Waals surface area (Å²) in [5, 5.41) is 12.0. The zero-order valence-corrected chi connectivity index (χ0v) is 19.6. The molecular formula is C26H25FN4O2S. The van der Waals surface area contributed by atoms with Crippen molar-refractivity contribution >= 4 is 23.2 Å². The van der Waals surface area contributed by atoms with Gasteiger partial charge in [-0.1, -0.05) is 30.3 Å². The maximum Gasteiger partial charge on any atom is 0.261 e. The number of halogens is 1. The molecule has 0 aliphatic heterocycles. The van der Waals surface area contributed by atoms with Gasteiger partial charge in [-0.3, -0.25) is 14.7 Å². The molecule has 0 aliphatic rings. The van der Waals surface area contributed by atoms with Crippen LogP contribution in [0.5, 0.6) is 0 Å². The molecule has 2 amide bonds. The number of hydrogen-bond acceptors (Lipinski definition) is 4. The number of carbonyl (C=O) groups excluding carboxylic acids is 2. The molecule has 0 fully saturated rings. The molecule has 0 bridgehead atoms. The molecule has 2 aromatic carbocycles. The molecule has 0 radical (unpaired) electrons. The number of aryl methyl sites for hydroxylation is 1. The van der Waals surface area contributed by atoms with Crippen LogP contribution in [0.2, 0.25) is 0 Å². The Hall–Kier alpha value is -3.78. The Balaban J connectivity index is 1.24. The van der Waals surface area contributed by atoms with E-state index in [2.05, 4.69) is 15.5 Å². The van der Waals surface area contributed by atoms with Crippen LogP contribution >= 0.6 is 11.3 Å². The maximum absolute atomic E-state index is 13.4. The van der Waals surface area contributed by atoms with Crippen LogP contribution in [0.4, 0.5) is 4.39 Å². The van der Waals surface area contributed by atoms with Gasteiger partial charge in [0, 0.05) is 37.0 Å². The highest BCUT2D eigenvalue weighted by Crippen LogP contribution is 2.19. The minimum absolute atomic E-state index is 0.0563. The third kappa shape index (κ3) is 5.96. The predicted molar refractivity (Wildman–Crippen MR) is 131 cm³/mol. The molecule has 0 saturated carbocycles. The Morgan fingerprint density at radius 3 is 2.65 bits per heavy atom. The monoisotopic (exact) mass is 476 g/mol. The van der Waals surface area contributed by atoms with Gasteiger partial charge in [-0.05, 0) is 60.2 Å². The summed E-state index contributed by atoms with van der Waals surface area (Å²) in [6, 6.07) is 19.2. The van der Waals surface area contributed by atoms with E-state index in [1.54, 1.807) is 36.2 Å². The van der Waals surface area contributed by atoms with Crippen LogP contribution < -0.4 is 5.32 Å².